The number of carbonyl (C=O) groups excluding carboxylic acids is 3. The summed E-state index contributed by atoms with van der Waals surface area (Å²) in [4.78, 5) is 37.9. The lowest BCUT2D eigenvalue weighted by molar-refractivity contribution is -0.134. The smallest absolute Gasteiger partial charge is 0.325 e. The molecule has 7 nitrogen and oxygen atoms in total. The number of nitrogens with zero attached hydrogens (tertiary/aromatic N) is 1. The fourth-order valence-corrected chi connectivity index (χ4v) is 3.23. The highest BCUT2D eigenvalue weighted by molar-refractivity contribution is 6.08. The topological polar surface area (TPSA) is 87.7 Å². The van der Waals surface area contributed by atoms with Crippen LogP contribution in [0.5, 0.6) is 5.75 Å². The minimum absolute atomic E-state index is 0.278. The molecule has 154 valence electrons. The lowest BCUT2D eigenvalue weighted by atomic mass is 9.94. The summed E-state index contributed by atoms with van der Waals surface area (Å²) in [6.45, 7) is 6.16. The van der Waals surface area contributed by atoms with Crippen molar-refractivity contribution < 1.29 is 19.1 Å². The van der Waals surface area contributed by atoms with Gasteiger partial charge in [-0.05, 0) is 38.0 Å². The molecule has 0 saturated carbocycles. The summed E-state index contributed by atoms with van der Waals surface area (Å²) in [6.07, 6.45) is 4.69. The Bertz CT molecular complexity index is 707. The molecule has 0 aliphatic carbocycles. The molecular formula is C21H31N3O4. The van der Waals surface area contributed by atoms with Gasteiger partial charge in [0.05, 0.1) is 6.54 Å². The van der Waals surface area contributed by atoms with E-state index in [-0.39, 0.29) is 18.4 Å². The number of benzene rings is 1. The minimum Gasteiger partial charge on any atom is -0.492 e. The molecule has 2 rings (SSSR count). The molecule has 1 aromatic rings. The predicted octanol–water partition coefficient (Wildman–Crippen LogP) is 2.77. The van der Waals surface area contributed by atoms with Crippen molar-refractivity contribution in [2.45, 2.75) is 58.4 Å². The van der Waals surface area contributed by atoms with E-state index >= 15 is 0 Å². The van der Waals surface area contributed by atoms with E-state index in [0.29, 0.717) is 19.6 Å². The van der Waals surface area contributed by atoms with E-state index in [1.165, 1.54) is 0 Å². The molecule has 1 heterocycles. The van der Waals surface area contributed by atoms with Crippen LogP contribution in [0, 0.1) is 6.92 Å². The summed E-state index contributed by atoms with van der Waals surface area (Å²) >= 11 is 0. The van der Waals surface area contributed by atoms with Crippen LogP contribution in [0.3, 0.4) is 0 Å². The van der Waals surface area contributed by atoms with Gasteiger partial charge in [-0.2, -0.15) is 0 Å². The second-order valence-electron chi connectivity index (χ2n) is 7.48. The molecule has 1 aliphatic rings. The maximum absolute atomic E-state index is 12.6. The number of imide groups is 1. The van der Waals surface area contributed by atoms with Gasteiger partial charge in [-0.1, -0.05) is 44.7 Å². The second-order valence-corrected chi connectivity index (χ2v) is 7.48. The molecule has 0 aromatic heterocycles. The SMILES string of the molecule is CCCCCCC1(C)NC(=O)N(CC(=O)NCCOc2cccc(C)c2)C1=O. The van der Waals surface area contributed by atoms with Gasteiger partial charge in [0.1, 0.15) is 24.4 Å². The molecule has 0 spiro atoms. The molecule has 2 N–H and O–H groups in total. The van der Waals surface area contributed by atoms with Gasteiger partial charge in [-0.25, -0.2) is 4.79 Å². The molecule has 1 unspecified atom stereocenters. The van der Waals surface area contributed by atoms with Crippen LogP contribution in [0.15, 0.2) is 24.3 Å². The van der Waals surface area contributed by atoms with E-state index in [2.05, 4.69) is 17.6 Å². The molecule has 4 amide bonds. The van der Waals surface area contributed by atoms with Crippen molar-refractivity contribution in [1.82, 2.24) is 15.5 Å². The normalized spacial score (nSPS) is 18.9. The zero-order valence-electron chi connectivity index (χ0n) is 17.0. The predicted molar refractivity (Wildman–Crippen MR) is 107 cm³/mol. The monoisotopic (exact) mass is 389 g/mol. The molecule has 7 heteroatoms. The van der Waals surface area contributed by atoms with Gasteiger partial charge in [0.25, 0.3) is 5.91 Å². The molecular weight excluding hydrogens is 358 g/mol. The summed E-state index contributed by atoms with van der Waals surface area (Å²) in [7, 11) is 0. The summed E-state index contributed by atoms with van der Waals surface area (Å²) in [5.74, 6) is 0.0221. The number of aryl methyl sites for hydroxylation is 1. The number of nitrogens with one attached hydrogen (secondary N) is 2. The standard InChI is InChI=1S/C21H31N3O4/c1-4-5-6-7-11-21(3)19(26)24(20(27)23-21)15-18(25)22-12-13-28-17-10-8-9-16(2)14-17/h8-10,14H,4-7,11-13,15H2,1-3H3,(H,22,25)(H,23,27). The largest absolute Gasteiger partial charge is 0.492 e. The van der Waals surface area contributed by atoms with Gasteiger partial charge in [-0.15, -0.1) is 0 Å². The third-order valence-electron chi connectivity index (χ3n) is 4.86. The first-order valence-electron chi connectivity index (χ1n) is 9.96. The van der Waals surface area contributed by atoms with Crippen LogP contribution in [0.2, 0.25) is 0 Å². The molecule has 1 aromatic carbocycles. The van der Waals surface area contributed by atoms with E-state index in [4.69, 9.17) is 4.74 Å². The van der Waals surface area contributed by atoms with Crippen molar-refractivity contribution >= 4 is 17.8 Å². The van der Waals surface area contributed by atoms with Gasteiger partial charge < -0.3 is 15.4 Å². The Balaban J connectivity index is 1.75. The summed E-state index contributed by atoms with van der Waals surface area (Å²) in [5, 5.41) is 5.42. The average Bonchev–Trinajstić information content (AvgIpc) is 2.86. The van der Waals surface area contributed by atoms with E-state index in [1.54, 1.807) is 6.92 Å². The molecule has 0 radical (unpaired) electrons. The molecule has 1 atom stereocenters. The third kappa shape index (κ3) is 5.97. The first-order chi connectivity index (χ1) is 13.4. The number of ether oxygens (including phenoxy) is 1. The highest BCUT2D eigenvalue weighted by Crippen LogP contribution is 2.23. The Morgan fingerprint density at radius 1 is 1.25 bits per heavy atom. The minimum atomic E-state index is -0.917. The van der Waals surface area contributed by atoms with Crippen LogP contribution in [0.1, 0.15) is 51.5 Å². The number of hydrogen-bond acceptors (Lipinski definition) is 4. The lowest BCUT2D eigenvalue weighted by Crippen LogP contribution is -2.45. The second kappa shape index (κ2) is 10.1. The summed E-state index contributed by atoms with van der Waals surface area (Å²) in [6, 6.07) is 7.14. The number of carbonyl (C=O) groups is 3. The van der Waals surface area contributed by atoms with Crippen molar-refractivity contribution in [1.29, 1.82) is 0 Å². The first kappa shape index (κ1) is 21.7. The van der Waals surface area contributed by atoms with E-state index in [0.717, 1.165) is 41.9 Å². The van der Waals surface area contributed by atoms with Gasteiger partial charge in [0.2, 0.25) is 5.91 Å². The van der Waals surface area contributed by atoms with Crippen LogP contribution >= 0.6 is 0 Å². The lowest BCUT2D eigenvalue weighted by Gasteiger charge is -2.21. The van der Waals surface area contributed by atoms with Gasteiger partial charge in [0, 0.05) is 0 Å². The van der Waals surface area contributed by atoms with Crippen molar-refractivity contribution in [2.75, 3.05) is 19.7 Å². The average molecular weight is 389 g/mol. The molecule has 1 aliphatic heterocycles. The van der Waals surface area contributed by atoms with Gasteiger partial charge in [-0.3, -0.25) is 14.5 Å². The molecule has 1 saturated heterocycles. The van der Waals surface area contributed by atoms with Gasteiger partial charge in [0.15, 0.2) is 0 Å². The Morgan fingerprint density at radius 2 is 2.04 bits per heavy atom. The van der Waals surface area contributed by atoms with Crippen LogP contribution in [0.25, 0.3) is 0 Å². The Labute approximate surface area is 166 Å². The van der Waals surface area contributed by atoms with E-state index in [9.17, 15) is 14.4 Å². The highest BCUT2D eigenvalue weighted by atomic mass is 16.5. The zero-order valence-corrected chi connectivity index (χ0v) is 17.0. The van der Waals surface area contributed by atoms with Crippen molar-refractivity contribution in [2.24, 2.45) is 0 Å². The van der Waals surface area contributed by atoms with Crippen molar-refractivity contribution in [3.8, 4) is 5.75 Å². The summed E-state index contributed by atoms with van der Waals surface area (Å²) in [5.41, 5.74) is 0.178. The van der Waals surface area contributed by atoms with Crippen LogP contribution in [0.4, 0.5) is 4.79 Å². The summed E-state index contributed by atoms with van der Waals surface area (Å²) < 4.78 is 5.57. The van der Waals surface area contributed by atoms with Crippen molar-refractivity contribution in [3.63, 3.8) is 0 Å². The van der Waals surface area contributed by atoms with Crippen LogP contribution < -0.4 is 15.4 Å². The van der Waals surface area contributed by atoms with Crippen LogP contribution in [-0.4, -0.2) is 48.0 Å². The first-order valence-corrected chi connectivity index (χ1v) is 9.96. The number of rotatable bonds is 11. The number of hydrogen-bond donors (Lipinski definition) is 2. The van der Waals surface area contributed by atoms with Crippen LogP contribution in [-0.2, 0) is 9.59 Å². The van der Waals surface area contributed by atoms with Crippen molar-refractivity contribution in [3.05, 3.63) is 29.8 Å². The maximum atomic E-state index is 12.6. The van der Waals surface area contributed by atoms with Gasteiger partial charge >= 0.3 is 6.03 Å². The quantitative estimate of drug-likeness (QED) is 0.450. The molecule has 0 bridgehead atoms. The molecule has 1 fully saturated rings. The number of urea groups is 1. The Kier molecular flexibility index (Phi) is 7.84. The van der Waals surface area contributed by atoms with E-state index < -0.39 is 11.6 Å². The zero-order chi connectivity index (χ0) is 20.6. The highest BCUT2D eigenvalue weighted by Gasteiger charge is 2.47. The third-order valence-corrected chi connectivity index (χ3v) is 4.86. The fraction of sp³-hybridized carbons (Fsp3) is 0.571. The van der Waals surface area contributed by atoms with E-state index in [1.807, 2.05) is 31.2 Å². The molecule has 28 heavy (non-hydrogen) atoms. The maximum Gasteiger partial charge on any atom is 0.325 e. The number of unbranched alkanes of at least 4 members (excludes halogenated alkanes) is 3. The Hall–Kier alpha value is -2.57. The fourth-order valence-electron chi connectivity index (χ4n) is 3.23. The Morgan fingerprint density at radius 3 is 2.75 bits per heavy atom. The number of amides is 4.